The molecule has 0 heterocycles. The number of rotatable bonds is 37. The second-order valence-electron chi connectivity index (χ2n) is 13.3. The van der Waals surface area contributed by atoms with Crippen LogP contribution in [0.1, 0.15) is 188 Å². The van der Waals surface area contributed by atoms with E-state index >= 15 is 0 Å². The van der Waals surface area contributed by atoms with Crippen molar-refractivity contribution in [1.82, 2.24) is 0 Å². The molecule has 9 heteroatoms. The molecule has 0 aliphatic heterocycles. The summed E-state index contributed by atoms with van der Waals surface area (Å²) in [7, 11) is -4.28. The van der Waals surface area contributed by atoms with Gasteiger partial charge >= 0.3 is 19.8 Å². The maximum Gasteiger partial charge on any atom is 0.472 e. The van der Waals surface area contributed by atoms with Gasteiger partial charge in [-0.25, -0.2) is 4.57 Å². The molecule has 1 N–H and O–H groups in total. The van der Waals surface area contributed by atoms with E-state index in [1.807, 2.05) is 0 Å². The molecule has 8 nitrogen and oxygen atoms in total. The predicted octanol–water partition coefficient (Wildman–Crippen LogP) is 12.4. The fraction of sp³-hybridized carbons (Fsp3) is 0.805. The molecule has 0 saturated carbocycles. The molecule has 0 radical (unpaired) electrons. The first kappa shape index (κ1) is 48.3. The van der Waals surface area contributed by atoms with Crippen molar-refractivity contribution in [3.8, 4) is 0 Å². The van der Waals surface area contributed by atoms with Gasteiger partial charge in [-0.05, 0) is 77.6 Å². The lowest BCUT2D eigenvalue weighted by Gasteiger charge is -2.19. The van der Waals surface area contributed by atoms with Gasteiger partial charge in [0.1, 0.15) is 6.61 Å². The van der Waals surface area contributed by atoms with E-state index in [0.717, 1.165) is 77.0 Å². The smallest absolute Gasteiger partial charge is 0.462 e. The van der Waals surface area contributed by atoms with Crippen molar-refractivity contribution in [3.05, 3.63) is 36.5 Å². The minimum atomic E-state index is -4.28. The van der Waals surface area contributed by atoms with E-state index in [1.54, 1.807) is 6.92 Å². The summed E-state index contributed by atoms with van der Waals surface area (Å²) in [5.74, 6) is -0.823. The highest BCUT2D eigenvalue weighted by Crippen LogP contribution is 2.43. The molecule has 2 atom stereocenters. The highest BCUT2D eigenvalue weighted by molar-refractivity contribution is 7.47. The van der Waals surface area contributed by atoms with E-state index in [-0.39, 0.29) is 32.0 Å². The first-order valence-electron chi connectivity index (χ1n) is 20.3. The molecule has 50 heavy (non-hydrogen) atoms. The Hall–Kier alpha value is -1.73. The summed E-state index contributed by atoms with van der Waals surface area (Å²) in [6.07, 6.45) is 40.5. The summed E-state index contributed by atoms with van der Waals surface area (Å²) in [6, 6.07) is 0. The Kier molecular flexibility index (Phi) is 35.8. The van der Waals surface area contributed by atoms with Crippen LogP contribution in [-0.4, -0.2) is 42.8 Å². The number of carbonyl (C=O) groups is 2. The van der Waals surface area contributed by atoms with Crippen LogP contribution in [0.5, 0.6) is 0 Å². The molecular weight excluding hydrogens is 651 g/mol. The third kappa shape index (κ3) is 36.1. The summed E-state index contributed by atoms with van der Waals surface area (Å²) in [6.45, 7) is 5.41. The summed E-state index contributed by atoms with van der Waals surface area (Å²) in [4.78, 5) is 34.6. The SMILES string of the molecule is CCCCC/C=C\C/C=C\CCCCCCCC(=O)OC(COC(=O)CCCCCCC/C=C\CCCCCCCC)COP(=O)(O)OCC. The maximum atomic E-state index is 12.5. The molecule has 0 bridgehead atoms. The van der Waals surface area contributed by atoms with Crippen LogP contribution in [0.2, 0.25) is 0 Å². The molecular formula is C41H75O8P. The number of esters is 2. The summed E-state index contributed by atoms with van der Waals surface area (Å²) < 4.78 is 32.6. The van der Waals surface area contributed by atoms with Crippen molar-refractivity contribution in [2.45, 2.75) is 194 Å². The number of hydrogen-bond acceptors (Lipinski definition) is 7. The van der Waals surface area contributed by atoms with Crippen LogP contribution < -0.4 is 0 Å². The zero-order valence-corrected chi connectivity index (χ0v) is 33.2. The van der Waals surface area contributed by atoms with Crippen LogP contribution in [0.25, 0.3) is 0 Å². The van der Waals surface area contributed by atoms with Gasteiger partial charge in [-0.1, -0.05) is 134 Å². The van der Waals surface area contributed by atoms with Crippen molar-refractivity contribution >= 4 is 19.8 Å². The topological polar surface area (TPSA) is 108 Å². The van der Waals surface area contributed by atoms with E-state index in [4.69, 9.17) is 18.5 Å². The van der Waals surface area contributed by atoms with Crippen molar-refractivity contribution in [2.75, 3.05) is 19.8 Å². The quantitative estimate of drug-likeness (QED) is 0.0292. The molecule has 0 rings (SSSR count). The maximum absolute atomic E-state index is 12.5. The van der Waals surface area contributed by atoms with Crippen molar-refractivity contribution in [1.29, 1.82) is 0 Å². The Morgan fingerprint density at radius 1 is 0.540 bits per heavy atom. The molecule has 0 aliphatic carbocycles. The van der Waals surface area contributed by atoms with Crippen LogP contribution in [0.15, 0.2) is 36.5 Å². The van der Waals surface area contributed by atoms with E-state index < -0.39 is 26.5 Å². The Morgan fingerprint density at radius 2 is 0.960 bits per heavy atom. The lowest BCUT2D eigenvalue weighted by molar-refractivity contribution is -0.161. The zero-order chi connectivity index (χ0) is 36.8. The first-order valence-corrected chi connectivity index (χ1v) is 21.8. The third-order valence-electron chi connectivity index (χ3n) is 8.42. The number of hydrogen-bond donors (Lipinski definition) is 1. The van der Waals surface area contributed by atoms with Crippen molar-refractivity contribution in [2.24, 2.45) is 0 Å². The van der Waals surface area contributed by atoms with Gasteiger partial charge in [0, 0.05) is 12.8 Å². The number of carbonyl (C=O) groups excluding carboxylic acids is 2. The molecule has 0 amide bonds. The molecule has 2 unspecified atom stereocenters. The number of phosphoric acid groups is 1. The molecule has 0 spiro atoms. The monoisotopic (exact) mass is 727 g/mol. The molecule has 0 fully saturated rings. The molecule has 0 aromatic rings. The van der Waals surface area contributed by atoms with Gasteiger partial charge in [-0.15, -0.1) is 0 Å². The fourth-order valence-electron chi connectivity index (χ4n) is 5.42. The minimum absolute atomic E-state index is 0.00397. The van der Waals surface area contributed by atoms with Crippen molar-refractivity contribution in [3.63, 3.8) is 0 Å². The molecule has 292 valence electrons. The molecule has 0 aromatic heterocycles. The van der Waals surface area contributed by atoms with E-state index in [2.05, 4.69) is 50.3 Å². The Bertz CT molecular complexity index is 916. The average molecular weight is 727 g/mol. The Morgan fingerprint density at radius 3 is 1.48 bits per heavy atom. The van der Waals surface area contributed by atoms with E-state index in [9.17, 15) is 19.0 Å². The number of unbranched alkanes of at least 4 members (excludes halogenated alkanes) is 19. The van der Waals surface area contributed by atoms with Gasteiger partial charge in [0.25, 0.3) is 0 Å². The minimum Gasteiger partial charge on any atom is -0.462 e. The molecule has 0 aromatic carbocycles. The van der Waals surface area contributed by atoms with Gasteiger partial charge in [-0.3, -0.25) is 18.6 Å². The molecule has 0 saturated heterocycles. The zero-order valence-electron chi connectivity index (χ0n) is 32.3. The summed E-state index contributed by atoms with van der Waals surface area (Å²) >= 11 is 0. The van der Waals surface area contributed by atoms with Crippen LogP contribution >= 0.6 is 7.82 Å². The van der Waals surface area contributed by atoms with E-state index in [0.29, 0.717) is 6.42 Å². The summed E-state index contributed by atoms with van der Waals surface area (Å²) in [5.41, 5.74) is 0. The first-order chi connectivity index (χ1) is 24.3. The lowest BCUT2D eigenvalue weighted by Crippen LogP contribution is -2.29. The standard InChI is InChI=1S/C41H75O8P/c1-4-7-9-11-13-15-17-19-21-23-25-27-29-31-33-35-40(42)46-37-39(38-48-50(44,45)47-6-3)49-41(43)36-34-32-30-28-26-24-22-20-18-16-14-12-10-8-5-2/h14,16,19-22,39H,4-13,15,17-18,23-38H2,1-3H3,(H,44,45)/b16-14-,21-19-,22-20-. The normalized spacial score (nSPS) is 13.8. The highest BCUT2D eigenvalue weighted by atomic mass is 31.2. The summed E-state index contributed by atoms with van der Waals surface area (Å²) in [5, 5.41) is 0. The van der Waals surface area contributed by atoms with Crippen LogP contribution in [-0.2, 0) is 32.7 Å². The van der Waals surface area contributed by atoms with Gasteiger partial charge in [0.2, 0.25) is 0 Å². The number of phosphoric ester groups is 1. The lowest BCUT2D eigenvalue weighted by atomic mass is 10.1. The Labute approximate surface area is 306 Å². The number of allylic oxidation sites excluding steroid dienone is 6. The molecule has 0 aliphatic rings. The second kappa shape index (κ2) is 37.0. The highest BCUT2D eigenvalue weighted by Gasteiger charge is 2.25. The van der Waals surface area contributed by atoms with Crippen molar-refractivity contribution < 1.29 is 37.6 Å². The fourth-order valence-corrected chi connectivity index (χ4v) is 6.17. The largest absolute Gasteiger partial charge is 0.472 e. The third-order valence-corrected chi connectivity index (χ3v) is 9.48. The Balaban J connectivity index is 4.16. The van der Waals surface area contributed by atoms with Crippen LogP contribution in [0.3, 0.4) is 0 Å². The van der Waals surface area contributed by atoms with E-state index in [1.165, 1.54) is 70.6 Å². The average Bonchev–Trinajstić information content (AvgIpc) is 3.09. The van der Waals surface area contributed by atoms with Gasteiger partial charge < -0.3 is 14.4 Å². The van der Waals surface area contributed by atoms with Gasteiger partial charge in [0.15, 0.2) is 6.10 Å². The van der Waals surface area contributed by atoms with Crippen LogP contribution in [0, 0.1) is 0 Å². The second-order valence-corrected chi connectivity index (χ2v) is 14.7. The number of ether oxygens (including phenoxy) is 2. The van der Waals surface area contributed by atoms with Gasteiger partial charge in [0.05, 0.1) is 13.2 Å². The predicted molar refractivity (Wildman–Crippen MR) is 207 cm³/mol. The van der Waals surface area contributed by atoms with Gasteiger partial charge in [-0.2, -0.15) is 0 Å². The van der Waals surface area contributed by atoms with Crippen LogP contribution in [0.4, 0.5) is 0 Å².